The zero-order chi connectivity index (χ0) is 18.9. The summed E-state index contributed by atoms with van der Waals surface area (Å²) in [4.78, 5) is 14.4. The molecule has 0 unspecified atom stereocenters. The highest BCUT2D eigenvalue weighted by atomic mass is 35.5. The van der Waals surface area contributed by atoms with Crippen LogP contribution in [0.5, 0.6) is 0 Å². The van der Waals surface area contributed by atoms with Gasteiger partial charge in [0.05, 0.1) is 15.6 Å². The Kier molecular flexibility index (Phi) is 6.04. The molecule has 1 amide bonds. The van der Waals surface area contributed by atoms with Crippen molar-refractivity contribution in [2.45, 2.75) is 24.2 Å². The number of benzene rings is 1. The molecular weight excluding hydrogens is 439 g/mol. The number of halogens is 3. The first-order valence-corrected chi connectivity index (χ1v) is 11.3. The van der Waals surface area contributed by atoms with Gasteiger partial charge in [0.25, 0.3) is 15.9 Å². The molecule has 1 aliphatic heterocycles. The van der Waals surface area contributed by atoms with Gasteiger partial charge in [0.15, 0.2) is 0 Å². The third-order valence-corrected chi connectivity index (χ3v) is 7.37. The fourth-order valence-electron chi connectivity index (χ4n) is 2.76. The van der Waals surface area contributed by atoms with E-state index in [4.69, 9.17) is 34.8 Å². The van der Waals surface area contributed by atoms with E-state index in [0.29, 0.717) is 18.1 Å². The second kappa shape index (κ2) is 7.94. The average Bonchev–Trinajstić information content (AvgIpc) is 2.94. The number of hydrogen-bond donors (Lipinski definition) is 1. The van der Waals surface area contributed by atoms with Crippen molar-refractivity contribution in [3.63, 3.8) is 0 Å². The average molecular weight is 454 g/mol. The first kappa shape index (κ1) is 19.8. The van der Waals surface area contributed by atoms with E-state index in [-0.39, 0.29) is 30.7 Å². The molecule has 1 aromatic carbocycles. The summed E-state index contributed by atoms with van der Waals surface area (Å²) >= 11 is 18.8. The predicted molar refractivity (Wildman–Crippen MR) is 106 cm³/mol. The second-order valence-corrected chi connectivity index (χ2v) is 10.2. The lowest BCUT2D eigenvalue weighted by molar-refractivity contribution is 0.0725. The molecule has 1 aliphatic rings. The van der Waals surface area contributed by atoms with E-state index in [0.717, 1.165) is 30.6 Å². The number of likely N-dealkylation sites (tertiary alicyclic amines) is 1. The molecule has 0 saturated carbocycles. The molecule has 1 fully saturated rings. The van der Waals surface area contributed by atoms with Crippen LogP contribution in [0.2, 0.25) is 13.7 Å². The third-order valence-electron chi connectivity index (χ3n) is 4.01. The summed E-state index contributed by atoms with van der Waals surface area (Å²) in [6, 6.07) is 5.77. The van der Waals surface area contributed by atoms with Crippen molar-refractivity contribution in [1.29, 1.82) is 0 Å². The Hall–Kier alpha value is -0.990. The minimum atomic E-state index is -4.01. The zero-order valence-electron chi connectivity index (χ0n) is 13.5. The predicted octanol–water partition coefficient (Wildman–Crippen LogP) is 5.14. The number of carbonyl (C=O) groups is 1. The fraction of sp³-hybridized carbons (Fsp3) is 0.312. The molecular formula is C16H15Cl3N2O3S2. The fourth-order valence-corrected chi connectivity index (χ4v) is 6.16. The van der Waals surface area contributed by atoms with Gasteiger partial charge in [0, 0.05) is 18.1 Å². The Labute approximate surface area is 170 Å². The van der Waals surface area contributed by atoms with Crippen LogP contribution in [0.15, 0.2) is 29.2 Å². The molecule has 26 heavy (non-hydrogen) atoms. The van der Waals surface area contributed by atoms with Crippen LogP contribution in [-0.2, 0) is 10.0 Å². The molecule has 5 nitrogen and oxygen atoms in total. The lowest BCUT2D eigenvalue weighted by atomic mass is 10.1. The number of rotatable bonds is 4. The summed E-state index contributed by atoms with van der Waals surface area (Å²) in [6.45, 7) is 1.30. The Bertz CT molecular complexity index is 938. The monoisotopic (exact) mass is 452 g/mol. The van der Waals surface area contributed by atoms with E-state index in [9.17, 15) is 13.2 Å². The molecule has 140 valence electrons. The molecule has 2 heterocycles. The maximum absolute atomic E-state index is 12.8. The summed E-state index contributed by atoms with van der Waals surface area (Å²) in [7, 11) is -4.01. The number of thiophene rings is 1. The molecule has 1 saturated heterocycles. The lowest BCUT2D eigenvalue weighted by Crippen LogP contribution is -2.36. The quantitative estimate of drug-likeness (QED) is 0.697. The van der Waals surface area contributed by atoms with Crippen molar-refractivity contribution in [3.8, 4) is 0 Å². The Morgan fingerprint density at radius 2 is 1.77 bits per heavy atom. The highest BCUT2D eigenvalue weighted by molar-refractivity contribution is 7.93. The van der Waals surface area contributed by atoms with Gasteiger partial charge in [-0.25, -0.2) is 8.42 Å². The van der Waals surface area contributed by atoms with Gasteiger partial charge in [-0.3, -0.25) is 9.52 Å². The van der Waals surface area contributed by atoms with Crippen LogP contribution in [0.3, 0.4) is 0 Å². The van der Waals surface area contributed by atoms with Crippen molar-refractivity contribution in [2.75, 3.05) is 17.8 Å². The van der Waals surface area contributed by atoms with Crippen LogP contribution < -0.4 is 4.72 Å². The number of anilines is 1. The Balaban J connectivity index is 1.95. The summed E-state index contributed by atoms with van der Waals surface area (Å²) in [5.41, 5.74) is 0.365. The number of nitrogens with one attached hydrogen (secondary N) is 1. The van der Waals surface area contributed by atoms with E-state index < -0.39 is 10.0 Å². The van der Waals surface area contributed by atoms with Crippen molar-refractivity contribution < 1.29 is 13.2 Å². The van der Waals surface area contributed by atoms with Crippen molar-refractivity contribution in [3.05, 3.63) is 43.5 Å². The van der Waals surface area contributed by atoms with Crippen molar-refractivity contribution >= 4 is 67.8 Å². The van der Waals surface area contributed by atoms with Crippen LogP contribution in [0.4, 0.5) is 5.69 Å². The normalized spacial score (nSPS) is 15.1. The second-order valence-electron chi connectivity index (χ2n) is 5.84. The minimum absolute atomic E-state index is 0.0495. The highest BCUT2D eigenvalue weighted by Crippen LogP contribution is 2.36. The summed E-state index contributed by atoms with van der Waals surface area (Å²) in [5.74, 6) is -0.228. The number of nitrogens with zero attached hydrogens (tertiary/aromatic N) is 1. The van der Waals surface area contributed by atoms with Gasteiger partial charge in [-0.05, 0) is 43.5 Å². The van der Waals surface area contributed by atoms with E-state index in [1.54, 1.807) is 11.0 Å². The van der Waals surface area contributed by atoms with Gasteiger partial charge in [-0.15, -0.1) is 11.3 Å². The van der Waals surface area contributed by atoms with Crippen LogP contribution >= 0.6 is 46.1 Å². The maximum atomic E-state index is 12.8. The molecule has 1 N–H and O–H groups in total. The Morgan fingerprint density at radius 1 is 1.08 bits per heavy atom. The van der Waals surface area contributed by atoms with E-state index >= 15 is 0 Å². The summed E-state index contributed by atoms with van der Waals surface area (Å²) in [6.07, 6.45) is 2.95. The highest BCUT2D eigenvalue weighted by Gasteiger charge is 2.26. The summed E-state index contributed by atoms with van der Waals surface area (Å²) < 4.78 is 28.1. The number of hydrogen-bond acceptors (Lipinski definition) is 4. The smallest absolute Gasteiger partial charge is 0.264 e. The maximum Gasteiger partial charge on any atom is 0.264 e. The van der Waals surface area contributed by atoms with E-state index in [1.165, 1.54) is 18.2 Å². The van der Waals surface area contributed by atoms with E-state index in [1.807, 2.05) is 0 Å². The number of carbonyl (C=O) groups excluding carboxylic acids is 1. The molecule has 0 bridgehead atoms. The van der Waals surface area contributed by atoms with Gasteiger partial charge in [-0.1, -0.05) is 34.8 Å². The first-order valence-electron chi connectivity index (χ1n) is 7.84. The standard InChI is InChI=1S/C16H15Cl3N2O3S2/c17-10-4-5-11(16(22)21-6-2-1-3-7-21)12(8-10)20-26(23,24)13-9-14(18)25-15(13)19/h4-5,8-9,20H,1-3,6-7H2. The van der Waals surface area contributed by atoms with E-state index in [2.05, 4.69) is 4.72 Å². The number of piperidine rings is 1. The summed E-state index contributed by atoms with van der Waals surface area (Å²) in [5, 5.41) is 0.312. The van der Waals surface area contributed by atoms with Crippen LogP contribution in [0.25, 0.3) is 0 Å². The lowest BCUT2D eigenvalue weighted by Gasteiger charge is -2.27. The molecule has 0 spiro atoms. The third kappa shape index (κ3) is 4.28. The molecule has 10 heteroatoms. The van der Waals surface area contributed by atoms with Gasteiger partial charge in [0.1, 0.15) is 9.23 Å². The van der Waals surface area contributed by atoms with Gasteiger partial charge < -0.3 is 4.90 Å². The van der Waals surface area contributed by atoms with Crippen molar-refractivity contribution in [2.24, 2.45) is 0 Å². The molecule has 0 atom stereocenters. The Morgan fingerprint density at radius 3 is 2.38 bits per heavy atom. The van der Waals surface area contributed by atoms with Crippen LogP contribution in [-0.4, -0.2) is 32.3 Å². The molecule has 0 radical (unpaired) electrons. The minimum Gasteiger partial charge on any atom is -0.339 e. The number of amides is 1. The topological polar surface area (TPSA) is 66.5 Å². The van der Waals surface area contributed by atoms with Gasteiger partial charge >= 0.3 is 0 Å². The largest absolute Gasteiger partial charge is 0.339 e. The zero-order valence-corrected chi connectivity index (χ0v) is 17.4. The molecule has 2 aromatic rings. The SMILES string of the molecule is O=C(c1ccc(Cl)cc1NS(=O)(=O)c1cc(Cl)sc1Cl)N1CCCCC1. The first-order chi connectivity index (χ1) is 12.3. The van der Waals surface area contributed by atoms with Crippen LogP contribution in [0.1, 0.15) is 29.6 Å². The van der Waals surface area contributed by atoms with Gasteiger partial charge in [0.2, 0.25) is 0 Å². The van der Waals surface area contributed by atoms with Crippen molar-refractivity contribution in [1.82, 2.24) is 4.90 Å². The van der Waals surface area contributed by atoms with Gasteiger partial charge in [-0.2, -0.15) is 0 Å². The molecule has 3 rings (SSSR count). The number of sulfonamides is 1. The molecule has 1 aromatic heterocycles. The molecule has 0 aliphatic carbocycles. The van der Waals surface area contributed by atoms with Crippen LogP contribution in [0, 0.1) is 0 Å².